The fourth-order valence-electron chi connectivity index (χ4n) is 1.56. The summed E-state index contributed by atoms with van der Waals surface area (Å²) in [5.74, 6) is 1.12. The Hall–Kier alpha value is -0.960. The molecule has 1 N–H and O–H groups in total. The minimum absolute atomic E-state index is 0.510. The van der Waals surface area contributed by atoms with Crippen LogP contribution in [0.2, 0.25) is 0 Å². The molecule has 0 radical (unpaired) electrons. The monoisotopic (exact) mass is 207 g/mol. The Labute approximate surface area is 92.3 Å². The number of nitrogens with one attached hydrogen (secondary N) is 1. The molecule has 0 aliphatic rings. The van der Waals surface area contributed by atoms with Gasteiger partial charge in [-0.05, 0) is 36.9 Å². The summed E-state index contributed by atoms with van der Waals surface area (Å²) in [6.07, 6.45) is 6.59. The molecular formula is C12H21N3. The van der Waals surface area contributed by atoms with Gasteiger partial charge >= 0.3 is 0 Å². The van der Waals surface area contributed by atoms with Crippen LogP contribution in [0.15, 0.2) is 18.7 Å². The topological polar surface area (TPSA) is 37.8 Å². The highest BCUT2D eigenvalue weighted by atomic mass is 14.9. The second-order valence-electron chi connectivity index (χ2n) is 4.14. The van der Waals surface area contributed by atoms with Crippen molar-refractivity contribution in [1.82, 2.24) is 15.3 Å². The second-order valence-corrected chi connectivity index (χ2v) is 4.14. The fraction of sp³-hybridized carbons (Fsp3) is 0.667. The molecule has 2 unspecified atom stereocenters. The molecule has 0 saturated heterocycles. The maximum atomic E-state index is 4.05. The van der Waals surface area contributed by atoms with Crippen molar-refractivity contribution in [1.29, 1.82) is 0 Å². The van der Waals surface area contributed by atoms with Gasteiger partial charge in [0.05, 0.1) is 0 Å². The van der Waals surface area contributed by atoms with Crippen LogP contribution in [0.3, 0.4) is 0 Å². The Bertz CT molecular complexity index is 261. The lowest BCUT2D eigenvalue weighted by molar-refractivity contribution is 0.446. The molecule has 0 fully saturated rings. The van der Waals surface area contributed by atoms with Crippen molar-refractivity contribution >= 4 is 0 Å². The van der Waals surface area contributed by atoms with Crippen molar-refractivity contribution < 1.29 is 0 Å². The minimum atomic E-state index is 0.510. The van der Waals surface area contributed by atoms with Gasteiger partial charge in [-0.1, -0.05) is 20.8 Å². The summed E-state index contributed by atoms with van der Waals surface area (Å²) in [5, 5.41) is 3.44. The molecule has 0 aliphatic carbocycles. The van der Waals surface area contributed by atoms with Gasteiger partial charge in [-0.2, -0.15) is 0 Å². The lowest BCUT2D eigenvalue weighted by atomic mass is 9.90. The Morgan fingerprint density at radius 1 is 1.27 bits per heavy atom. The third-order valence-electron chi connectivity index (χ3n) is 2.85. The number of aromatic nitrogens is 2. The van der Waals surface area contributed by atoms with Crippen LogP contribution in [0.4, 0.5) is 0 Å². The van der Waals surface area contributed by atoms with Gasteiger partial charge in [-0.25, -0.2) is 9.97 Å². The Balaban J connectivity index is 2.42. The standard InChI is InChI=1S/C12H21N3/c1-4-5-13-6-10(2)11(3)12-7-14-9-15-8-12/h7-11,13H,4-6H2,1-3H3. The number of nitrogens with zero attached hydrogens (tertiary/aromatic N) is 2. The van der Waals surface area contributed by atoms with E-state index in [0.717, 1.165) is 13.1 Å². The molecule has 15 heavy (non-hydrogen) atoms. The SMILES string of the molecule is CCCNCC(C)C(C)c1cncnc1. The van der Waals surface area contributed by atoms with E-state index in [-0.39, 0.29) is 0 Å². The fourth-order valence-corrected chi connectivity index (χ4v) is 1.56. The zero-order chi connectivity index (χ0) is 11.1. The molecule has 1 aromatic heterocycles. The van der Waals surface area contributed by atoms with E-state index in [4.69, 9.17) is 0 Å². The molecule has 0 saturated carbocycles. The molecule has 0 bridgehead atoms. The van der Waals surface area contributed by atoms with Gasteiger partial charge in [0, 0.05) is 12.4 Å². The number of hydrogen-bond acceptors (Lipinski definition) is 3. The van der Waals surface area contributed by atoms with Crippen LogP contribution in [0.25, 0.3) is 0 Å². The number of rotatable bonds is 6. The predicted molar refractivity (Wildman–Crippen MR) is 62.8 cm³/mol. The van der Waals surface area contributed by atoms with Crippen LogP contribution >= 0.6 is 0 Å². The maximum absolute atomic E-state index is 4.05. The van der Waals surface area contributed by atoms with Gasteiger partial charge in [-0.3, -0.25) is 0 Å². The zero-order valence-corrected chi connectivity index (χ0v) is 9.90. The van der Waals surface area contributed by atoms with Crippen LogP contribution in [-0.2, 0) is 0 Å². The van der Waals surface area contributed by atoms with Crippen molar-refractivity contribution in [3.05, 3.63) is 24.3 Å². The second kappa shape index (κ2) is 6.51. The Morgan fingerprint density at radius 3 is 2.53 bits per heavy atom. The first-order valence-corrected chi connectivity index (χ1v) is 5.71. The third kappa shape index (κ3) is 3.96. The van der Waals surface area contributed by atoms with E-state index < -0.39 is 0 Å². The van der Waals surface area contributed by atoms with Crippen LogP contribution in [0.1, 0.15) is 38.7 Å². The van der Waals surface area contributed by atoms with Gasteiger partial charge < -0.3 is 5.32 Å². The predicted octanol–water partition coefficient (Wildman–Crippen LogP) is 2.22. The molecule has 2 atom stereocenters. The molecule has 1 heterocycles. The van der Waals surface area contributed by atoms with E-state index in [2.05, 4.69) is 36.1 Å². The highest BCUT2D eigenvalue weighted by molar-refractivity contribution is 5.10. The van der Waals surface area contributed by atoms with E-state index in [1.165, 1.54) is 12.0 Å². The highest BCUT2D eigenvalue weighted by Gasteiger charge is 2.13. The van der Waals surface area contributed by atoms with Crippen LogP contribution in [0, 0.1) is 5.92 Å². The molecule has 0 spiro atoms. The summed E-state index contributed by atoms with van der Waals surface area (Å²) in [6, 6.07) is 0. The van der Waals surface area contributed by atoms with Gasteiger partial charge in [0.1, 0.15) is 6.33 Å². The van der Waals surface area contributed by atoms with E-state index in [9.17, 15) is 0 Å². The summed E-state index contributed by atoms with van der Waals surface area (Å²) >= 11 is 0. The molecule has 0 aromatic carbocycles. The van der Waals surface area contributed by atoms with Crippen molar-refractivity contribution in [3.8, 4) is 0 Å². The van der Waals surface area contributed by atoms with Gasteiger partial charge in [0.2, 0.25) is 0 Å². The molecule has 1 aromatic rings. The molecule has 0 amide bonds. The van der Waals surface area contributed by atoms with Gasteiger partial charge in [-0.15, -0.1) is 0 Å². The normalized spacial score (nSPS) is 14.9. The third-order valence-corrected chi connectivity index (χ3v) is 2.85. The van der Waals surface area contributed by atoms with E-state index in [1.807, 2.05) is 12.4 Å². The lowest BCUT2D eigenvalue weighted by Crippen LogP contribution is -2.25. The quantitative estimate of drug-likeness (QED) is 0.727. The molecule has 0 aliphatic heterocycles. The van der Waals surface area contributed by atoms with Crippen LogP contribution < -0.4 is 5.32 Å². The van der Waals surface area contributed by atoms with E-state index in [1.54, 1.807) is 6.33 Å². The van der Waals surface area contributed by atoms with Crippen LogP contribution in [-0.4, -0.2) is 23.1 Å². The van der Waals surface area contributed by atoms with Crippen LogP contribution in [0.5, 0.6) is 0 Å². The molecule has 1 rings (SSSR count). The molecule has 84 valence electrons. The van der Waals surface area contributed by atoms with Gasteiger partial charge in [0.25, 0.3) is 0 Å². The van der Waals surface area contributed by atoms with E-state index in [0.29, 0.717) is 11.8 Å². The number of hydrogen-bond donors (Lipinski definition) is 1. The average Bonchev–Trinajstić information content (AvgIpc) is 2.29. The van der Waals surface area contributed by atoms with Crippen molar-refractivity contribution in [2.45, 2.75) is 33.1 Å². The molecule has 3 heteroatoms. The van der Waals surface area contributed by atoms with E-state index >= 15 is 0 Å². The summed E-state index contributed by atoms with van der Waals surface area (Å²) in [4.78, 5) is 8.11. The van der Waals surface area contributed by atoms with Crippen molar-refractivity contribution in [2.75, 3.05) is 13.1 Å². The average molecular weight is 207 g/mol. The molecular weight excluding hydrogens is 186 g/mol. The summed E-state index contributed by atoms with van der Waals surface area (Å²) in [6.45, 7) is 8.84. The first kappa shape index (κ1) is 12.1. The lowest BCUT2D eigenvalue weighted by Gasteiger charge is -2.19. The largest absolute Gasteiger partial charge is 0.316 e. The molecule has 3 nitrogen and oxygen atoms in total. The summed E-state index contributed by atoms with van der Waals surface area (Å²) in [5.41, 5.74) is 1.23. The highest BCUT2D eigenvalue weighted by Crippen LogP contribution is 2.21. The first-order chi connectivity index (χ1) is 7.25. The van der Waals surface area contributed by atoms with Crippen molar-refractivity contribution in [3.63, 3.8) is 0 Å². The Morgan fingerprint density at radius 2 is 1.93 bits per heavy atom. The maximum Gasteiger partial charge on any atom is 0.115 e. The smallest absolute Gasteiger partial charge is 0.115 e. The summed E-state index contributed by atoms with van der Waals surface area (Å²) < 4.78 is 0. The zero-order valence-electron chi connectivity index (χ0n) is 9.90. The minimum Gasteiger partial charge on any atom is -0.316 e. The summed E-state index contributed by atoms with van der Waals surface area (Å²) in [7, 11) is 0. The van der Waals surface area contributed by atoms with Gasteiger partial charge in [0.15, 0.2) is 0 Å². The first-order valence-electron chi connectivity index (χ1n) is 5.71. The van der Waals surface area contributed by atoms with Crippen molar-refractivity contribution in [2.24, 2.45) is 5.92 Å². The Kier molecular flexibility index (Phi) is 5.26.